The van der Waals surface area contributed by atoms with Crippen molar-refractivity contribution in [2.75, 3.05) is 31.1 Å². The summed E-state index contributed by atoms with van der Waals surface area (Å²) in [7, 11) is -1.98. The van der Waals surface area contributed by atoms with Crippen LogP contribution in [0, 0.1) is 5.82 Å². The Labute approximate surface area is 214 Å². The van der Waals surface area contributed by atoms with Gasteiger partial charge in [0.15, 0.2) is 0 Å². The number of oxime groups is 1. The highest BCUT2D eigenvalue weighted by Crippen LogP contribution is 2.37. The lowest BCUT2D eigenvalue weighted by atomic mass is 10.1. The van der Waals surface area contributed by atoms with Crippen LogP contribution in [0.25, 0.3) is 11.1 Å². The van der Waals surface area contributed by atoms with E-state index in [4.69, 9.17) is 9.26 Å². The van der Waals surface area contributed by atoms with E-state index in [1.54, 1.807) is 24.5 Å². The van der Waals surface area contributed by atoms with Crippen molar-refractivity contribution in [1.82, 2.24) is 15.3 Å². The number of nitrogens with one attached hydrogen (secondary N) is 1. The lowest BCUT2D eigenvalue weighted by Gasteiger charge is -2.48. The van der Waals surface area contributed by atoms with Crippen molar-refractivity contribution in [2.24, 2.45) is 5.16 Å². The van der Waals surface area contributed by atoms with Gasteiger partial charge in [0.1, 0.15) is 12.4 Å². The van der Waals surface area contributed by atoms with Gasteiger partial charge >= 0.3 is 0 Å². The Balaban J connectivity index is 1.58. The van der Waals surface area contributed by atoms with E-state index in [2.05, 4.69) is 59.2 Å². The highest BCUT2D eigenvalue weighted by molar-refractivity contribution is 6.74. The quantitative estimate of drug-likeness (QED) is 0.290. The van der Waals surface area contributed by atoms with Crippen LogP contribution in [0.3, 0.4) is 0 Å². The molecular weight excluding hydrogens is 477 g/mol. The van der Waals surface area contributed by atoms with Crippen LogP contribution in [0.4, 0.5) is 10.3 Å². The zero-order valence-electron chi connectivity index (χ0n) is 22.2. The van der Waals surface area contributed by atoms with Gasteiger partial charge in [0.25, 0.3) is 0 Å². The second-order valence-corrected chi connectivity index (χ2v) is 15.4. The molecule has 1 N–H and O–H groups in total. The molecule has 1 aliphatic heterocycles. The van der Waals surface area contributed by atoms with Gasteiger partial charge in [0.05, 0.1) is 12.3 Å². The van der Waals surface area contributed by atoms with Gasteiger partial charge in [-0.25, -0.2) is 14.4 Å². The molecule has 0 saturated carbocycles. The predicted molar refractivity (Wildman–Crippen MR) is 143 cm³/mol. The predicted octanol–water partition coefficient (Wildman–Crippen LogP) is 4.91. The first-order chi connectivity index (χ1) is 17.0. The fraction of sp³-hybridized carbons (Fsp3) is 0.538. The maximum atomic E-state index is 15.3. The second-order valence-electron chi connectivity index (χ2n) is 10.6. The molecule has 1 aliphatic rings. The SMILES string of the molecule is CC(=O)NCCON=C1CCN(c2ncc(-c3cccc(CO[Si-](C)(C)C(C)(C)C)c3F)cn2)CC1. The molecule has 0 bridgehead atoms. The van der Waals surface area contributed by atoms with Gasteiger partial charge in [-0.05, 0) is 8.32 Å². The Bertz CT molecular complexity index is 1060. The monoisotopic (exact) mass is 515 g/mol. The van der Waals surface area contributed by atoms with Crippen LogP contribution in [0.2, 0.25) is 18.1 Å². The fourth-order valence-corrected chi connectivity index (χ4v) is 4.43. The van der Waals surface area contributed by atoms with Crippen molar-refractivity contribution in [2.45, 2.75) is 65.3 Å². The van der Waals surface area contributed by atoms with Crippen molar-refractivity contribution >= 4 is 25.9 Å². The number of halogens is 1. The third kappa shape index (κ3) is 7.33. The Hall–Kier alpha value is -2.85. The number of hydrogen-bond donors (Lipinski definition) is 1. The molecule has 36 heavy (non-hydrogen) atoms. The summed E-state index contributed by atoms with van der Waals surface area (Å²) in [5, 5.41) is 6.90. The van der Waals surface area contributed by atoms with Gasteiger partial charge in [-0.1, -0.05) is 44.1 Å². The Morgan fingerprint density at radius 2 is 1.86 bits per heavy atom. The fourth-order valence-electron chi connectivity index (χ4n) is 3.48. The van der Waals surface area contributed by atoms with Crippen LogP contribution in [0.5, 0.6) is 0 Å². The summed E-state index contributed by atoms with van der Waals surface area (Å²) >= 11 is 0. The van der Waals surface area contributed by atoms with E-state index in [1.807, 2.05) is 6.07 Å². The minimum Gasteiger partial charge on any atom is -0.561 e. The number of piperidine rings is 1. The van der Waals surface area contributed by atoms with E-state index in [0.717, 1.165) is 31.6 Å². The van der Waals surface area contributed by atoms with Crippen LogP contribution in [0.1, 0.15) is 46.1 Å². The average molecular weight is 516 g/mol. The van der Waals surface area contributed by atoms with Crippen LogP contribution >= 0.6 is 0 Å². The first kappa shape index (κ1) is 27.7. The van der Waals surface area contributed by atoms with E-state index in [9.17, 15) is 4.79 Å². The van der Waals surface area contributed by atoms with Crippen LogP contribution in [-0.4, -0.2) is 56.1 Å². The standard InChI is InChI=1S/C26H38FN5O3Si/c1-19(33)28-12-15-34-31-22-10-13-32(14-11-22)25-29-16-21(17-30-25)23-9-7-8-20(24(23)27)18-35-36(5,6)26(2,3)4/h7-9,16-17H,10-15,18H2,1-6H3,(H,28,33)/q-1. The Morgan fingerprint density at radius 1 is 1.19 bits per heavy atom. The summed E-state index contributed by atoms with van der Waals surface area (Å²) in [6, 6.07) is 5.37. The molecule has 1 fully saturated rings. The maximum Gasteiger partial charge on any atom is 0.225 e. The molecule has 197 valence electrons. The average Bonchev–Trinajstić information content (AvgIpc) is 2.83. The molecule has 0 unspecified atom stereocenters. The Kier molecular flexibility index (Phi) is 9.18. The third-order valence-corrected chi connectivity index (χ3v) is 11.3. The van der Waals surface area contributed by atoms with E-state index < -0.39 is 8.32 Å². The van der Waals surface area contributed by atoms with Crippen molar-refractivity contribution in [1.29, 1.82) is 0 Å². The smallest absolute Gasteiger partial charge is 0.225 e. The molecule has 1 amide bonds. The number of benzene rings is 1. The van der Waals surface area contributed by atoms with Gasteiger partial charge in [0, 0.05) is 68.5 Å². The highest BCUT2D eigenvalue weighted by Gasteiger charge is 2.25. The highest BCUT2D eigenvalue weighted by atomic mass is 28.4. The van der Waals surface area contributed by atoms with E-state index in [0.29, 0.717) is 35.8 Å². The molecule has 3 rings (SSSR count). The van der Waals surface area contributed by atoms with Crippen LogP contribution in [0.15, 0.2) is 35.7 Å². The number of carbonyl (C=O) groups excluding carboxylic acids is 1. The molecule has 2 heterocycles. The number of hydrogen-bond acceptors (Lipinski definition) is 7. The van der Waals surface area contributed by atoms with Gasteiger partial charge in [-0.3, -0.25) is 4.79 Å². The normalized spacial score (nSPS) is 14.5. The summed E-state index contributed by atoms with van der Waals surface area (Å²) < 4.78 is 21.6. The number of carbonyl (C=O) groups is 1. The molecule has 10 heteroatoms. The number of anilines is 1. The molecule has 0 aliphatic carbocycles. The van der Waals surface area contributed by atoms with E-state index in [-0.39, 0.29) is 23.4 Å². The van der Waals surface area contributed by atoms with Gasteiger partial charge in [0.2, 0.25) is 11.9 Å². The molecule has 2 aromatic rings. The lowest BCUT2D eigenvalue weighted by Crippen LogP contribution is -2.40. The maximum absolute atomic E-state index is 15.3. The summed E-state index contributed by atoms with van der Waals surface area (Å²) in [5.74, 6) is 0.240. The summed E-state index contributed by atoms with van der Waals surface area (Å²) in [5.41, 5.74) is 2.63. The van der Waals surface area contributed by atoms with Crippen LogP contribution in [-0.2, 0) is 20.7 Å². The zero-order valence-corrected chi connectivity index (χ0v) is 23.2. The molecule has 1 saturated heterocycles. The summed E-state index contributed by atoms with van der Waals surface area (Å²) in [4.78, 5) is 27.2. The first-order valence-corrected chi connectivity index (χ1v) is 15.3. The Morgan fingerprint density at radius 3 is 2.47 bits per heavy atom. The summed E-state index contributed by atoms with van der Waals surface area (Å²) in [6.45, 7) is 14.8. The number of aromatic nitrogens is 2. The van der Waals surface area contributed by atoms with Crippen molar-refractivity contribution < 1.29 is 18.4 Å². The minimum absolute atomic E-state index is 0.0621. The zero-order chi connectivity index (χ0) is 26.3. The first-order valence-electron chi connectivity index (χ1n) is 12.4. The van der Waals surface area contributed by atoms with E-state index in [1.165, 1.54) is 6.92 Å². The molecule has 1 aromatic carbocycles. The number of amides is 1. The molecule has 0 radical (unpaired) electrons. The van der Waals surface area contributed by atoms with Crippen molar-refractivity contribution in [3.8, 4) is 11.1 Å². The molecule has 8 nitrogen and oxygen atoms in total. The van der Waals surface area contributed by atoms with Crippen molar-refractivity contribution in [3.05, 3.63) is 42.0 Å². The number of rotatable bonds is 9. The largest absolute Gasteiger partial charge is 0.561 e. The lowest BCUT2D eigenvalue weighted by molar-refractivity contribution is -0.119. The minimum atomic E-state index is -1.98. The van der Waals surface area contributed by atoms with Gasteiger partial charge in [-0.15, -0.1) is 18.1 Å². The molecule has 0 spiro atoms. The third-order valence-electron chi connectivity index (χ3n) is 6.81. The molecule has 0 atom stereocenters. The van der Waals surface area contributed by atoms with Gasteiger partial charge in [-0.2, -0.15) is 0 Å². The topological polar surface area (TPSA) is 88.9 Å². The number of nitrogens with zero attached hydrogens (tertiary/aromatic N) is 4. The molecule has 1 aromatic heterocycles. The molecular formula is C26H38FN5O3Si-. The van der Waals surface area contributed by atoms with Crippen LogP contribution < -0.4 is 10.2 Å². The van der Waals surface area contributed by atoms with Gasteiger partial charge < -0.3 is 19.5 Å². The summed E-state index contributed by atoms with van der Waals surface area (Å²) in [6.07, 6.45) is 4.84. The second kappa shape index (κ2) is 11.9. The van der Waals surface area contributed by atoms with Crippen molar-refractivity contribution in [3.63, 3.8) is 0 Å². The van der Waals surface area contributed by atoms with E-state index >= 15 is 4.39 Å².